The van der Waals surface area contributed by atoms with Crippen molar-refractivity contribution in [2.45, 2.75) is 42.3 Å². The molecule has 0 heterocycles. The van der Waals surface area contributed by atoms with Gasteiger partial charge in [-0.1, -0.05) is 27.7 Å². The highest BCUT2D eigenvalue weighted by atomic mass is 32.2. The maximum Gasteiger partial charge on any atom is 0.347 e. The number of methoxy groups -OCH3 is 1. The molecule has 0 radical (unpaired) electrons. The Morgan fingerprint density at radius 3 is 1.87 bits per heavy atom. The summed E-state index contributed by atoms with van der Waals surface area (Å²) in [5.41, 5.74) is 0. The summed E-state index contributed by atoms with van der Waals surface area (Å²) in [4.78, 5) is 11.6. The van der Waals surface area contributed by atoms with Gasteiger partial charge >= 0.3 is 5.97 Å². The van der Waals surface area contributed by atoms with Crippen molar-refractivity contribution in [3.8, 4) is 6.07 Å². The van der Waals surface area contributed by atoms with E-state index >= 15 is 0 Å². The van der Waals surface area contributed by atoms with Crippen LogP contribution in [0.3, 0.4) is 0 Å². The third-order valence-corrected chi connectivity index (χ3v) is 4.10. The molecule has 0 aromatic carbocycles. The molecule has 3 nitrogen and oxygen atoms in total. The van der Waals surface area contributed by atoms with Crippen LogP contribution in [-0.4, -0.2) is 27.7 Å². The van der Waals surface area contributed by atoms with E-state index in [1.165, 1.54) is 30.6 Å². The van der Waals surface area contributed by atoms with Crippen LogP contribution >= 0.6 is 23.5 Å². The molecule has 0 atom stereocenters. The van der Waals surface area contributed by atoms with Crippen molar-refractivity contribution in [3.05, 3.63) is 0 Å². The topological polar surface area (TPSA) is 50.1 Å². The maximum absolute atomic E-state index is 11.6. The predicted molar refractivity (Wildman–Crippen MR) is 65.8 cm³/mol. The summed E-state index contributed by atoms with van der Waals surface area (Å²) < 4.78 is 3.58. The first-order valence-electron chi connectivity index (χ1n) is 4.73. The lowest BCUT2D eigenvalue weighted by atomic mass is 10.4. The van der Waals surface area contributed by atoms with Gasteiger partial charge in [-0.2, -0.15) is 5.26 Å². The summed E-state index contributed by atoms with van der Waals surface area (Å²) >= 11 is 2.67. The van der Waals surface area contributed by atoms with Gasteiger partial charge < -0.3 is 4.74 Å². The fourth-order valence-corrected chi connectivity index (χ4v) is 4.19. The summed E-state index contributed by atoms with van der Waals surface area (Å²) in [6.45, 7) is 7.84. The van der Waals surface area contributed by atoms with E-state index in [1.807, 2.05) is 27.7 Å². The molecule has 0 aromatic heterocycles. The average molecular weight is 247 g/mol. The Morgan fingerprint density at radius 2 is 1.67 bits per heavy atom. The number of rotatable bonds is 5. The zero-order valence-electron chi connectivity index (χ0n) is 9.73. The highest BCUT2D eigenvalue weighted by Gasteiger charge is 2.43. The molecule has 0 bridgehead atoms. The molecule has 0 spiro atoms. The lowest BCUT2D eigenvalue weighted by molar-refractivity contribution is -0.139. The van der Waals surface area contributed by atoms with Crippen molar-refractivity contribution in [2.75, 3.05) is 7.11 Å². The summed E-state index contributed by atoms with van der Waals surface area (Å²) in [6, 6.07) is 2.08. The van der Waals surface area contributed by atoms with Gasteiger partial charge in [0.15, 0.2) is 0 Å². The Balaban J connectivity index is 4.94. The van der Waals surface area contributed by atoms with Crippen molar-refractivity contribution in [1.82, 2.24) is 0 Å². The van der Waals surface area contributed by atoms with Gasteiger partial charge in [0.2, 0.25) is 4.08 Å². The van der Waals surface area contributed by atoms with Gasteiger partial charge in [0.05, 0.1) is 7.11 Å². The standard InChI is InChI=1S/C10H17NO2S2/c1-7(2)14-10(6-11,9(12)13-5)15-8(3)4/h7-8H,1-5H3. The van der Waals surface area contributed by atoms with E-state index in [9.17, 15) is 10.1 Å². The van der Waals surface area contributed by atoms with Gasteiger partial charge in [-0.05, 0) is 0 Å². The number of esters is 1. The number of carbonyl (C=O) groups excluding carboxylic acids is 1. The van der Waals surface area contributed by atoms with Crippen LogP contribution in [0, 0.1) is 11.3 Å². The van der Waals surface area contributed by atoms with Gasteiger partial charge in [0, 0.05) is 10.5 Å². The molecule has 0 rings (SSSR count). The minimum Gasteiger partial charge on any atom is -0.467 e. The minimum atomic E-state index is -1.13. The third-order valence-electron chi connectivity index (χ3n) is 1.40. The van der Waals surface area contributed by atoms with E-state index < -0.39 is 10.0 Å². The van der Waals surface area contributed by atoms with Gasteiger partial charge in [-0.25, -0.2) is 4.79 Å². The van der Waals surface area contributed by atoms with Crippen LogP contribution in [0.1, 0.15) is 27.7 Å². The Kier molecular flexibility index (Phi) is 6.15. The van der Waals surface area contributed by atoms with Crippen molar-refractivity contribution in [2.24, 2.45) is 0 Å². The Hall–Kier alpha value is -0.340. The van der Waals surface area contributed by atoms with Crippen LogP contribution in [0.5, 0.6) is 0 Å². The van der Waals surface area contributed by atoms with Gasteiger partial charge in [-0.15, -0.1) is 23.5 Å². The molecule has 0 saturated carbocycles. The summed E-state index contributed by atoms with van der Waals surface area (Å²) in [5, 5.41) is 9.59. The molecule has 86 valence electrons. The molecule has 0 aliphatic heterocycles. The monoisotopic (exact) mass is 247 g/mol. The number of ether oxygens (including phenoxy) is 1. The van der Waals surface area contributed by atoms with Crippen molar-refractivity contribution in [3.63, 3.8) is 0 Å². The highest BCUT2D eigenvalue weighted by Crippen LogP contribution is 2.42. The average Bonchev–Trinajstić information content (AvgIpc) is 2.13. The number of nitriles is 1. The molecular formula is C10H17NO2S2. The molecular weight excluding hydrogens is 230 g/mol. The molecule has 0 amide bonds. The zero-order valence-corrected chi connectivity index (χ0v) is 11.4. The summed E-state index contributed by atoms with van der Waals surface area (Å²) in [6.07, 6.45) is 0. The van der Waals surface area contributed by atoms with Crippen LogP contribution in [0.15, 0.2) is 0 Å². The highest BCUT2D eigenvalue weighted by molar-refractivity contribution is 8.20. The van der Waals surface area contributed by atoms with E-state index in [-0.39, 0.29) is 10.5 Å². The summed E-state index contributed by atoms with van der Waals surface area (Å²) in [5.74, 6) is -0.470. The van der Waals surface area contributed by atoms with Crippen molar-refractivity contribution in [1.29, 1.82) is 5.26 Å². The van der Waals surface area contributed by atoms with Gasteiger partial charge in [0.1, 0.15) is 6.07 Å². The van der Waals surface area contributed by atoms with Crippen LogP contribution in [0.25, 0.3) is 0 Å². The van der Waals surface area contributed by atoms with Crippen molar-refractivity contribution < 1.29 is 9.53 Å². The molecule has 0 aliphatic carbocycles. The van der Waals surface area contributed by atoms with E-state index in [0.717, 1.165) is 0 Å². The lowest BCUT2D eigenvalue weighted by Crippen LogP contribution is -2.34. The van der Waals surface area contributed by atoms with Crippen LogP contribution < -0.4 is 0 Å². The number of hydrogen-bond acceptors (Lipinski definition) is 5. The second kappa shape index (κ2) is 6.29. The minimum absolute atomic E-state index is 0.204. The van der Waals surface area contributed by atoms with Gasteiger partial charge in [-0.3, -0.25) is 0 Å². The molecule has 5 heteroatoms. The second-order valence-electron chi connectivity index (χ2n) is 3.55. The molecule has 15 heavy (non-hydrogen) atoms. The zero-order chi connectivity index (χ0) is 12.1. The smallest absolute Gasteiger partial charge is 0.347 e. The Bertz CT molecular complexity index is 249. The summed E-state index contributed by atoms with van der Waals surface area (Å²) in [7, 11) is 1.32. The lowest BCUT2D eigenvalue weighted by Gasteiger charge is -2.25. The van der Waals surface area contributed by atoms with E-state index in [0.29, 0.717) is 0 Å². The first kappa shape index (κ1) is 14.7. The van der Waals surface area contributed by atoms with Gasteiger partial charge in [0.25, 0.3) is 0 Å². The van der Waals surface area contributed by atoms with E-state index in [2.05, 4.69) is 6.07 Å². The largest absolute Gasteiger partial charge is 0.467 e. The Labute approximate surface area is 99.9 Å². The molecule has 0 aromatic rings. The second-order valence-corrected chi connectivity index (χ2v) is 7.39. The number of thioether (sulfide) groups is 2. The third kappa shape index (κ3) is 4.35. The van der Waals surface area contributed by atoms with E-state index in [4.69, 9.17) is 4.74 Å². The SMILES string of the molecule is COC(=O)C(C#N)(SC(C)C)SC(C)C. The maximum atomic E-state index is 11.6. The predicted octanol–water partition coefficient (Wildman–Crippen LogP) is 2.66. The molecule has 0 unspecified atom stereocenters. The fourth-order valence-electron chi connectivity index (χ4n) is 1.02. The molecule has 0 N–H and O–H groups in total. The normalized spacial score (nSPS) is 11.6. The quantitative estimate of drug-likeness (QED) is 0.552. The molecule has 0 aliphatic rings. The van der Waals surface area contributed by atoms with Crippen LogP contribution in [-0.2, 0) is 9.53 Å². The fraction of sp³-hybridized carbons (Fsp3) is 0.800. The molecule has 0 fully saturated rings. The van der Waals surface area contributed by atoms with E-state index in [1.54, 1.807) is 0 Å². The van der Waals surface area contributed by atoms with Crippen molar-refractivity contribution >= 4 is 29.5 Å². The van der Waals surface area contributed by atoms with Crippen LogP contribution in [0.2, 0.25) is 0 Å². The van der Waals surface area contributed by atoms with Crippen LogP contribution in [0.4, 0.5) is 0 Å². The number of carbonyl (C=O) groups is 1. The first-order valence-corrected chi connectivity index (χ1v) is 6.49. The number of hydrogen-bond donors (Lipinski definition) is 0. The Morgan fingerprint density at radius 1 is 1.27 bits per heavy atom. The number of nitrogens with zero attached hydrogens (tertiary/aromatic N) is 1. The molecule has 0 saturated heterocycles. The first-order chi connectivity index (χ1) is 6.88.